The van der Waals surface area contributed by atoms with Crippen LogP contribution in [-0.2, 0) is 0 Å². The molecular formula is C6H11N5O2. The van der Waals surface area contributed by atoms with Crippen LogP contribution >= 0.6 is 0 Å². The average Bonchev–Trinajstić information content (AvgIpc) is 2.87. The maximum absolute atomic E-state index is 10.4. The van der Waals surface area contributed by atoms with Gasteiger partial charge in [-0.15, -0.1) is 0 Å². The van der Waals surface area contributed by atoms with Gasteiger partial charge >= 0.3 is 6.29 Å². The summed E-state index contributed by atoms with van der Waals surface area (Å²) in [5.41, 5.74) is 0. The number of rotatable bonds is 2. The Hall–Kier alpha value is -1.37. The van der Waals surface area contributed by atoms with Crippen molar-refractivity contribution in [2.24, 2.45) is 0 Å². The van der Waals surface area contributed by atoms with Crippen LogP contribution in [0.25, 0.3) is 0 Å². The highest BCUT2D eigenvalue weighted by Crippen LogP contribution is 2.26. The van der Waals surface area contributed by atoms with Crippen LogP contribution in [0.4, 0.5) is 0 Å². The minimum Gasteiger partial charge on any atom is -0.327 e. The molecule has 0 bridgehead atoms. The van der Waals surface area contributed by atoms with E-state index in [0.717, 1.165) is 12.8 Å². The first-order valence-electron chi connectivity index (χ1n) is 4.17. The smallest absolute Gasteiger partial charge is 0.327 e. The van der Waals surface area contributed by atoms with Crippen molar-refractivity contribution in [1.29, 1.82) is 5.41 Å². The van der Waals surface area contributed by atoms with E-state index in [4.69, 9.17) is 5.41 Å². The first-order chi connectivity index (χ1) is 6.18. The molecule has 1 aliphatic heterocycles. The number of nitro groups is 1. The van der Waals surface area contributed by atoms with Gasteiger partial charge in [0.25, 0.3) is 0 Å². The van der Waals surface area contributed by atoms with Crippen molar-refractivity contribution in [3.63, 3.8) is 0 Å². The fourth-order valence-electron chi connectivity index (χ4n) is 1.35. The Kier molecular flexibility index (Phi) is 1.80. The molecule has 0 radical (unpaired) electrons. The lowest BCUT2D eigenvalue weighted by atomic mass is 10.5. The van der Waals surface area contributed by atoms with Crippen molar-refractivity contribution in [3.8, 4) is 0 Å². The molecule has 0 aromatic carbocycles. The molecule has 0 spiro atoms. The Balaban J connectivity index is 1.95. The molecule has 7 nitrogen and oxygen atoms in total. The Morgan fingerprint density at radius 1 is 1.62 bits per heavy atom. The van der Waals surface area contributed by atoms with E-state index in [1.165, 1.54) is 0 Å². The number of hydrogen-bond donors (Lipinski definition) is 3. The number of guanidine groups is 1. The molecule has 72 valence electrons. The van der Waals surface area contributed by atoms with Gasteiger partial charge in [-0.1, -0.05) is 0 Å². The van der Waals surface area contributed by atoms with Gasteiger partial charge in [-0.2, -0.15) is 0 Å². The van der Waals surface area contributed by atoms with E-state index in [0.29, 0.717) is 12.7 Å². The standard InChI is InChI=1S/C6H11N5O2/c7-5-9-6(11(12)13)8-3-10(5)4-1-2-4/h4,6,8H,1-3H2,(H2,7,9). The molecule has 3 N–H and O–H groups in total. The molecule has 1 heterocycles. The quantitative estimate of drug-likeness (QED) is 0.382. The van der Waals surface area contributed by atoms with Gasteiger partial charge in [-0.25, -0.2) is 5.32 Å². The predicted octanol–water partition coefficient (Wildman–Crippen LogP) is -0.904. The van der Waals surface area contributed by atoms with E-state index in [2.05, 4.69) is 10.6 Å². The van der Waals surface area contributed by atoms with E-state index in [-0.39, 0.29) is 5.96 Å². The van der Waals surface area contributed by atoms with Crippen molar-refractivity contribution < 1.29 is 4.92 Å². The molecule has 1 saturated carbocycles. The molecule has 1 saturated heterocycles. The molecule has 2 fully saturated rings. The van der Waals surface area contributed by atoms with Gasteiger partial charge in [0.2, 0.25) is 0 Å². The molecule has 2 aliphatic rings. The van der Waals surface area contributed by atoms with Crippen molar-refractivity contribution in [2.45, 2.75) is 25.2 Å². The van der Waals surface area contributed by atoms with Crippen LogP contribution in [0.2, 0.25) is 0 Å². The summed E-state index contributed by atoms with van der Waals surface area (Å²) in [5.74, 6) is 0.156. The fraction of sp³-hybridized carbons (Fsp3) is 0.833. The van der Waals surface area contributed by atoms with Gasteiger partial charge < -0.3 is 4.90 Å². The van der Waals surface area contributed by atoms with Crippen molar-refractivity contribution in [3.05, 3.63) is 10.1 Å². The Labute approximate surface area is 74.8 Å². The number of nitrogens with one attached hydrogen (secondary N) is 3. The van der Waals surface area contributed by atoms with Gasteiger partial charge in [0.1, 0.15) is 0 Å². The van der Waals surface area contributed by atoms with Crippen LogP contribution in [0.3, 0.4) is 0 Å². The van der Waals surface area contributed by atoms with Gasteiger partial charge in [0, 0.05) is 6.04 Å². The largest absolute Gasteiger partial charge is 0.347 e. The van der Waals surface area contributed by atoms with Crippen LogP contribution in [0.15, 0.2) is 0 Å². The maximum Gasteiger partial charge on any atom is 0.347 e. The summed E-state index contributed by atoms with van der Waals surface area (Å²) in [5, 5.41) is 23.0. The van der Waals surface area contributed by atoms with Crippen LogP contribution in [0, 0.1) is 15.5 Å². The van der Waals surface area contributed by atoms with E-state index in [1.54, 1.807) is 4.90 Å². The molecule has 1 atom stereocenters. The Bertz CT molecular complexity index is 251. The highest BCUT2D eigenvalue weighted by molar-refractivity contribution is 5.78. The van der Waals surface area contributed by atoms with E-state index < -0.39 is 11.2 Å². The zero-order valence-electron chi connectivity index (χ0n) is 6.99. The van der Waals surface area contributed by atoms with Gasteiger partial charge in [-0.05, 0) is 12.8 Å². The number of nitrogens with zero attached hydrogens (tertiary/aromatic N) is 2. The zero-order valence-corrected chi connectivity index (χ0v) is 6.99. The summed E-state index contributed by atoms with van der Waals surface area (Å²) in [4.78, 5) is 11.7. The zero-order chi connectivity index (χ0) is 9.42. The topological polar surface area (TPSA) is 94.3 Å². The monoisotopic (exact) mass is 185 g/mol. The second-order valence-electron chi connectivity index (χ2n) is 3.24. The first kappa shape index (κ1) is 8.24. The summed E-state index contributed by atoms with van der Waals surface area (Å²) >= 11 is 0. The molecule has 1 unspecified atom stereocenters. The summed E-state index contributed by atoms with van der Waals surface area (Å²) in [6.45, 7) is 0.391. The second kappa shape index (κ2) is 2.84. The first-order valence-corrected chi connectivity index (χ1v) is 4.17. The average molecular weight is 185 g/mol. The van der Waals surface area contributed by atoms with E-state index in [9.17, 15) is 10.1 Å². The summed E-state index contributed by atoms with van der Waals surface area (Å²) < 4.78 is 0. The highest BCUT2D eigenvalue weighted by Gasteiger charge is 2.37. The van der Waals surface area contributed by atoms with Crippen LogP contribution < -0.4 is 10.6 Å². The normalized spacial score (nSPS) is 28.5. The lowest BCUT2D eigenvalue weighted by Crippen LogP contribution is -2.64. The van der Waals surface area contributed by atoms with E-state index in [1.807, 2.05) is 0 Å². The maximum atomic E-state index is 10.4. The van der Waals surface area contributed by atoms with Gasteiger partial charge in [0.05, 0.1) is 11.6 Å². The summed E-state index contributed by atoms with van der Waals surface area (Å²) in [6, 6.07) is 0.403. The van der Waals surface area contributed by atoms with E-state index >= 15 is 0 Å². The SMILES string of the molecule is N=C1NC([N+](=O)[O-])NCN1C1CC1. The predicted molar refractivity (Wildman–Crippen MR) is 44.5 cm³/mol. The van der Waals surface area contributed by atoms with Gasteiger partial charge in [-0.3, -0.25) is 20.8 Å². The third-order valence-corrected chi connectivity index (χ3v) is 2.21. The molecule has 2 rings (SSSR count). The lowest BCUT2D eigenvalue weighted by molar-refractivity contribution is -0.535. The lowest BCUT2D eigenvalue weighted by Gasteiger charge is -2.31. The summed E-state index contributed by atoms with van der Waals surface area (Å²) in [7, 11) is 0. The molecule has 1 aliphatic carbocycles. The van der Waals surface area contributed by atoms with Crippen molar-refractivity contribution in [2.75, 3.05) is 6.67 Å². The minimum absolute atomic E-state index is 0.156. The minimum atomic E-state index is -1.01. The summed E-state index contributed by atoms with van der Waals surface area (Å²) in [6.07, 6.45) is 1.14. The molecule has 13 heavy (non-hydrogen) atoms. The van der Waals surface area contributed by atoms with Crippen molar-refractivity contribution in [1.82, 2.24) is 15.5 Å². The van der Waals surface area contributed by atoms with Crippen LogP contribution in [0.1, 0.15) is 12.8 Å². The molecule has 0 amide bonds. The molecular weight excluding hydrogens is 174 g/mol. The van der Waals surface area contributed by atoms with Crippen LogP contribution in [-0.4, -0.2) is 34.8 Å². The molecule has 7 heteroatoms. The van der Waals surface area contributed by atoms with Crippen LogP contribution in [0.5, 0.6) is 0 Å². The second-order valence-corrected chi connectivity index (χ2v) is 3.24. The van der Waals surface area contributed by atoms with Crippen molar-refractivity contribution >= 4 is 5.96 Å². The fourth-order valence-corrected chi connectivity index (χ4v) is 1.35. The Morgan fingerprint density at radius 3 is 2.77 bits per heavy atom. The van der Waals surface area contributed by atoms with Gasteiger partial charge in [0.15, 0.2) is 5.96 Å². The third-order valence-electron chi connectivity index (χ3n) is 2.21. The molecule has 0 aromatic rings. The molecule has 0 aromatic heterocycles. The highest BCUT2D eigenvalue weighted by atomic mass is 16.6. The number of hydrogen-bond acceptors (Lipinski definition) is 4. The third kappa shape index (κ3) is 1.55. The Morgan fingerprint density at radius 2 is 2.31 bits per heavy atom.